The Hall–Kier alpha value is -0.690. The van der Waals surface area contributed by atoms with Crippen LogP contribution in [0.4, 0.5) is 0 Å². The van der Waals surface area contributed by atoms with Crippen molar-refractivity contribution in [1.82, 2.24) is 0 Å². The minimum Gasteiger partial charge on any atom is -0.481 e. The normalized spacial score (nSPS) is 30.9. The molecule has 0 saturated carbocycles. The SMILES string of the molecule is CCCCCCCC(CC(CC)C1CO1)(CC(CC)C1CO1)C(CC(CC)C1CO1)(CC(CC)C1CO1)C(=O)O. The van der Waals surface area contributed by atoms with Gasteiger partial charge in [-0.05, 0) is 61.2 Å². The van der Waals surface area contributed by atoms with Gasteiger partial charge in [0, 0.05) is 0 Å². The van der Waals surface area contributed by atoms with E-state index in [2.05, 4.69) is 34.6 Å². The summed E-state index contributed by atoms with van der Waals surface area (Å²) in [7, 11) is 0. The highest BCUT2D eigenvalue weighted by atomic mass is 16.6. The summed E-state index contributed by atoms with van der Waals surface area (Å²) in [5.41, 5.74) is -1.13. The monoisotopic (exact) mass is 564 g/mol. The van der Waals surface area contributed by atoms with Gasteiger partial charge in [0.1, 0.15) is 0 Å². The standard InChI is InChI=1S/C34H60O6/c1-6-11-12-13-14-15-33(16-24(7-2)28-20-37-28,17-25(8-3)29-21-38-29)34(32(35)36,18-26(9-4)30-22-39-30)19-27(10-5)31-23-40-31/h24-31H,6-23H2,1-5H3,(H,35,36). The Bertz CT molecular complexity index is 724. The molecule has 0 aromatic carbocycles. The first-order valence-electron chi connectivity index (χ1n) is 17.1. The predicted octanol–water partition coefficient (Wildman–Crippen LogP) is 7.66. The third-order valence-electron chi connectivity index (χ3n) is 11.3. The van der Waals surface area contributed by atoms with Gasteiger partial charge in [-0.25, -0.2) is 0 Å². The molecule has 4 aliphatic heterocycles. The minimum atomic E-state index is -0.818. The molecule has 4 aliphatic rings. The molecule has 4 rings (SSSR count). The number of carboxylic acids is 1. The molecule has 0 bridgehead atoms. The number of hydrogen-bond donors (Lipinski definition) is 1. The van der Waals surface area contributed by atoms with Crippen LogP contribution in [0, 0.1) is 34.5 Å². The number of carbonyl (C=O) groups is 1. The van der Waals surface area contributed by atoms with Gasteiger partial charge in [-0.1, -0.05) is 92.4 Å². The van der Waals surface area contributed by atoms with E-state index in [1.54, 1.807) is 0 Å². The molecule has 0 aliphatic carbocycles. The highest BCUT2D eigenvalue weighted by Gasteiger charge is 2.61. The second-order valence-electron chi connectivity index (χ2n) is 13.8. The van der Waals surface area contributed by atoms with E-state index in [-0.39, 0.29) is 41.7 Å². The largest absolute Gasteiger partial charge is 0.481 e. The lowest BCUT2D eigenvalue weighted by molar-refractivity contribution is -0.170. The highest BCUT2D eigenvalue weighted by molar-refractivity contribution is 5.76. The first-order chi connectivity index (χ1) is 19.4. The van der Waals surface area contributed by atoms with Crippen molar-refractivity contribution >= 4 is 5.97 Å². The lowest BCUT2D eigenvalue weighted by atomic mass is 9.49. The van der Waals surface area contributed by atoms with Crippen LogP contribution in [0.25, 0.3) is 0 Å². The van der Waals surface area contributed by atoms with Crippen LogP contribution in [0.15, 0.2) is 0 Å². The molecule has 232 valence electrons. The maximum Gasteiger partial charge on any atom is 0.310 e. The number of epoxide rings is 4. The summed E-state index contributed by atoms with van der Waals surface area (Å²) in [5.74, 6) is 0.797. The highest BCUT2D eigenvalue weighted by Crippen LogP contribution is 2.61. The molecule has 8 unspecified atom stereocenters. The quantitative estimate of drug-likeness (QED) is 0.0956. The summed E-state index contributed by atoms with van der Waals surface area (Å²) in [5, 5.41) is 11.6. The van der Waals surface area contributed by atoms with E-state index in [1.165, 1.54) is 25.7 Å². The van der Waals surface area contributed by atoms with Gasteiger partial charge in [0.15, 0.2) is 0 Å². The van der Waals surface area contributed by atoms with Crippen molar-refractivity contribution in [3.05, 3.63) is 0 Å². The minimum absolute atomic E-state index is 0.214. The Balaban J connectivity index is 1.80. The van der Waals surface area contributed by atoms with E-state index in [0.29, 0.717) is 24.7 Å². The van der Waals surface area contributed by atoms with E-state index < -0.39 is 11.4 Å². The zero-order valence-corrected chi connectivity index (χ0v) is 26.3. The van der Waals surface area contributed by atoms with Crippen LogP contribution >= 0.6 is 0 Å². The maximum atomic E-state index is 14.2. The smallest absolute Gasteiger partial charge is 0.310 e. The van der Waals surface area contributed by atoms with Crippen molar-refractivity contribution in [2.75, 3.05) is 26.4 Å². The third kappa shape index (κ3) is 8.02. The Kier molecular flexibility index (Phi) is 11.8. The lowest BCUT2D eigenvalue weighted by Crippen LogP contribution is -2.53. The molecular weight excluding hydrogens is 504 g/mol. The summed E-state index contributed by atoms with van der Waals surface area (Å²) in [6.07, 6.45) is 15.3. The third-order valence-corrected chi connectivity index (χ3v) is 11.3. The lowest BCUT2D eigenvalue weighted by Gasteiger charge is -2.53. The molecule has 6 nitrogen and oxygen atoms in total. The van der Waals surface area contributed by atoms with Crippen LogP contribution in [-0.2, 0) is 23.7 Å². The average Bonchev–Trinajstić information content (AvgIpc) is 3.79. The van der Waals surface area contributed by atoms with Crippen molar-refractivity contribution in [3.8, 4) is 0 Å². The van der Waals surface area contributed by atoms with Crippen LogP contribution < -0.4 is 0 Å². The van der Waals surface area contributed by atoms with E-state index in [4.69, 9.17) is 18.9 Å². The molecule has 0 spiro atoms. The van der Waals surface area contributed by atoms with Gasteiger partial charge in [0.2, 0.25) is 0 Å². The summed E-state index contributed by atoms with van der Waals surface area (Å²) in [6.45, 7) is 14.5. The Morgan fingerprint density at radius 3 is 1.27 bits per heavy atom. The van der Waals surface area contributed by atoms with E-state index in [0.717, 1.165) is 77.8 Å². The van der Waals surface area contributed by atoms with Crippen LogP contribution in [-0.4, -0.2) is 61.9 Å². The van der Waals surface area contributed by atoms with Crippen LogP contribution in [0.3, 0.4) is 0 Å². The maximum absolute atomic E-state index is 14.2. The van der Waals surface area contributed by atoms with Crippen molar-refractivity contribution in [3.63, 3.8) is 0 Å². The zero-order chi connectivity index (χ0) is 28.8. The zero-order valence-electron chi connectivity index (χ0n) is 26.3. The fraction of sp³-hybridized carbons (Fsp3) is 0.971. The molecular formula is C34H60O6. The number of rotatable bonds is 24. The first-order valence-corrected chi connectivity index (χ1v) is 17.1. The van der Waals surface area contributed by atoms with Crippen LogP contribution in [0.2, 0.25) is 0 Å². The first kappa shape index (κ1) is 32.2. The van der Waals surface area contributed by atoms with Crippen molar-refractivity contribution < 1.29 is 28.8 Å². The number of aliphatic carboxylic acids is 1. The van der Waals surface area contributed by atoms with Crippen molar-refractivity contribution in [2.24, 2.45) is 34.5 Å². The van der Waals surface area contributed by atoms with Gasteiger partial charge in [0.25, 0.3) is 0 Å². The Morgan fingerprint density at radius 2 is 0.975 bits per heavy atom. The molecule has 6 heteroatoms. The number of unbranched alkanes of at least 4 members (excludes halogenated alkanes) is 4. The molecule has 8 atom stereocenters. The van der Waals surface area contributed by atoms with Crippen LogP contribution in [0.5, 0.6) is 0 Å². The summed E-state index contributed by atoms with van der Waals surface area (Å²) < 4.78 is 23.6. The fourth-order valence-corrected chi connectivity index (χ4v) is 8.27. The molecule has 4 fully saturated rings. The van der Waals surface area contributed by atoms with E-state index in [9.17, 15) is 9.90 Å². The van der Waals surface area contributed by atoms with Crippen molar-refractivity contribution in [1.29, 1.82) is 0 Å². The topological polar surface area (TPSA) is 87.4 Å². The van der Waals surface area contributed by atoms with Gasteiger partial charge in [-0.3, -0.25) is 4.79 Å². The number of hydrogen-bond acceptors (Lipinski definition) is 5. The molecule has 1 N–H and O–H groups in total. The Labute approximate surface area is 244 Å². The molecule has 4 saturated heterocycles. The van der Waals surface area contributed by atoms with Crippen molar-refractivity contribution in [2.45, 2.75) is 149 Å². The summed E-state index contributed by atoms with van der Waals surface area (Å²) in [4.78, 5) is 14.2. The average molecular weight is 565 g/mol. The fourth-order valence-electron chi connectivity index (χ4n) is 8.27. The molecule has 0 aromatic heterocycles. The van der Waals surface area contributed by atoms with Gasteiger partial charge in [0.05, 0.1) is 56.3 Å². The molecule has 40 heavy (non-hydrogen) atoms. The predicted molar refractivity (Wildman–Crippen MR) is 158 cm³/mol. The second-order valence-corrected chi connectivity index (χ2v) is 13.8. The molecule has 4 heterocycles. The van der Waals surface area contributed by atoms with Gasteiger partial charge < -0.3 is 24.1 Å². The van der Waals surface area contributed by atoms with Gasteiger partial charge in [-0.15, -0.1) is 0 Å². The molecule has 0 amide bonds. The number of carboxylic acid groups (broad SMARTS) is 1. The van der Waals surface area contributed by atoms with E-state index in [1.807, 2.05) is 0 Å². The summed E-state index contributed by atoms with van der Waals surface area (Å²) in [6, 6.07) is 0. The molecule has 0 aromatic rings. The van der Waals surface area contributed by atoms with Crippen LogP contribution in [0.1, 0.15) is 125 Å². The van der Waals surface area contributed by atoms with E-state index >= 15 is 0 Å². The van der Waals surface area contributed by atoms with Gasteiger partial charge in [-0.2, -0.15) is 0 Å². The van der Waals surface area contributed by atoms with Gasteiger partial charge >= 0.3 is 5.97 Å². The Morgan fingerprint density at radius 1 is 0.625 bits per heavy atom. The summed E-state index contributed by atoms with van der Waals surface area (Å²) >= 11 is 0. The molecule has 0 radical (unpaired) electrons. The number of ether oxygens (including phenoxy) is 4. The second kappa shape index (κ2) is 14.7.